The lowest BCUT2D eigenvalue weighted by molar-refractivity contribution is 0.315. The molecule has 1 saturated heterocycles. The van der Waals surface area contributed by atoms with Crippen LogP contribution in [-0.2, 0) is 0 Å². The first-order chi connectivity index (χ1) is 9.24. The fraction of sp³-hybridized carbons (Fsp3) is 0.467. The minimum Gasteiger partial charge on any atom is -0.493 e. The van der Waals surface area contributed by atoms with Crippen molar-refractivity contribution in [1.82, 2.24) is 4.90 Å². The van der Waals surface area contributed by atoms with Gasteiger partial charge >= 0.3 is 0 Å². The SMILES string of the molecule is COc1ccc(C2CC(CN)CN2C)c2ccoc12. The maximum atomic E-state index is 5.81. The molecular formula is C15H20N2O2. The molecule has 1 fully saturated rings. The number of fused-ring (bicyclic) bond motifs is 1. The highest BCUT2D eigenvalue weighted by molar-refractivity contribution is 5.86. The quantitative estimate of drug-likeness (QED) is 0.920. The molecule has 4 nitrogen and oxygen atoms in total. The molecule has 2 N–H and O–H groups in total. The smallest absolute Gasteiger partial charge is 0.176 e. The van der Waals surface area contributed by atoms with Crippen molar-refractivity contribution in [3.8, 4) is 5.75 Å². The summed E-state index contributed by atoms with van der Waals surface area (Å²) in [6.45, 7) is 1.82. The lowest BCUT2D eigenvalue weighted by Crippen LogP contribution is -2.20. The van der Waals surface area contributed by atoms with Crippen LogP contribution in [0.4, 0.5) is 0 Å². The summed E-state index contributed by atoms with van der Waals surface area (Å²) in [5, 5.41) is 1.15. The number of likely N-dealkylation sites (tertiary alicyclic amines) is 1. The molecule has 2 atom stereocenters. The van der Waals surface area contributed by atoms with E-state index in [1.807, 2.05) is 12.1 Å². The van der Waals surface area contributed by atoms with Crippen LogP contribution in [0.1, 0.15) is 18.0 Å². The molecule has 2 heterocycles. The molecule has 0 amide bonds. The molecular weight excluding hydrogens is 240 g/mol. The van der Waals surface area contributed by atoms with Crippen LogP contribution in [0.15, 0.2) is 28.9 Å². The Labute approximate surface area is 113 Å². The fourth-order valence-corrected chi connectivity index (χ4v) is 3.15. The zero-order valence-electron chi connectivity index (χ0n) is 11.4. The first kappa shape index (κ1) is 12.5. The molecule has 4 heteroatoms. The summed E-state index contributed by atoms with van der Waals surface area (Å²) in [4.78, 5) is 2.38. The van der Waals surface area contributed by atoms with Gasteiger partial charge in [-0.25, -0.2) is 0 Å². The molecule has 1 aliphatic heterocycles. The molecule has 19 heavy (non-hydrogen) atoms. The summed E-state index contributed by atoms with van der Waals surface area (Å²) in [5.41, 5.74) is 7.96. The molecule has 0 saturated carbocycles. The number of nitrogens with zero attached hydrogens (tertiary/aromatic N) is 1. The average molecular weight is 260 g/mol. The second-order valence-electron chi connectivity index (χ2n) is 5.31. The van der Waals surface area contributed by atoms with Gasteiger partial charge in [-0.3, -0.25) is 4.90 Å². The standard InChI is InChI=1S/C15H20N2O2/c1-17-9-10(8-16)7-13(17)11-3-4-14(18-2)15-12(11)5-6-19-15/h3-6,10,13H,7-9,16H2,1-2H3. The third kappa shape index (κ3) is 2.01. The van der Waals surface area contributed by atoms with Gasteiger partial charge in [-0.1, -0.05) is 6.07 Å². The molecule has 1 aliphatic rings. The number of nitrogens with two attached hydrogens (primary N) is 1. The van der Waals surface area contributed by atoms with Crippen LogP contribution < -0.4 is 10.5 Å². The van der Waals surface area contributed by atoms with Gasteiger partial charge in [-0.15, -0.1) is 0 Å². The maximum Gasteiger partial charge on any atom is 0.176 e. The number of rotatable bonds is 3. The number of benzene rings is 1. The monoisotopic (exact) mass is 260 g/mol. The van der Waals surface area contributed by atoms with E-state index >= 15 is 0 Å². The van der Waals surface area contributed by atoms with E-state index in [2.05, 4.69) is 18.0 Å². The summed E-state index contributed by atoms with van der Waals surface area (Å²) in [6, 6.07) is 6.58. The van der Waals surface area contributed by atoms with Crippen LogP contribution in [-0.4, -0.2) is 32.1 Å². The zero-order valence-corrected chi connectivity index (χ0v) is 11.4. The second-order valence-corrected chi connectivity index (χ2v) is 5.31. The largest absolute Gasteiger partial charge is 0.493 e. The van der Waals surface area contributed by atoms with E-state index in [1.165, 1.54) is 5.56 Å². The number of furan rings is 1. The van der Waals surface area contributed by atoms with Crippen LogP contribution in [0.2, 0.25) is 0 Å². The van der Waals surface area contributed by atoms with Crippen LogP contribution >= 0.6 is 0 Å². The van der Waals surface area contributed by atoms with E-state index in [0.717, 1.165) is 36.2 Å². The topological polar surface area (TPSA) is 51.6 Å². The van der Waals surface area contributed by atoms with Gasteiger partial charge < -0.3 is 14.9 Å². The zero-order chi connectivity index (χ0) is 13.4. The normalized spacial score (nSPS) is 24.2. The van der Waals surface area contributed by atoms with Gasteiger partial charge in [-0.05, 0) is 43.6 Å². The Bertz CT molecular complexity index is 579. The highest BCUT2D eigenvalue weighted by Gasteiger charge is 2.31. The maximum absolute atomic E-state index is 5.81. The minimum absolute atomic E-state index is 0.416. The molecule has 0 bridgehead atoms. The Morgan fingerprint density at radius 1 is 1.42 bits per heavy atom. The van der Waals surface area contributed by atoms with E-state index in [4.69, 9.17) is 14.9 Å². The van der Waals surface area contributed by atoms with E-state index in [-0.39, 0.29) is 0 Å². The Morgan fingerprint density at radius 3 is 2.95 bits per heavy atom. The van der Waals surface area contributed by atoms with Crippen molar-refractivity contribution in [3.05, 3.63) is 30.0 Å². The summed E-state index contributed by atoms with van der Waals surface area (Å²) >= 11 is 0. The first-order valence-corrected chi connectivity index (χ1v) is 6.69. The Hall–Kier alpha value is -1.52. The van der Waals surface area contributed by atoms with Crippen molar-refractivity contribution >= 4 is 11.0 Å². The molecule has 2 unspecified atom stereocenters. The molecule has 1 aromatic heterocycles. The number of methoxy groups -OCH3 is 1. The predicted molar refractivity (Wildman–Crippen MR) is 75.3 cm³/mol. The van der Waals surface area contributed by atoms with Crippen LogP contribution in [0.3, 0.4) is 0 Å². The van der Waals surface area contributed by atoms with Gasteiger partial charge in [0.1, 0.15) is 0 Å². The summed E-state index contributed by atoms with van der Waals surface area (Å²) in [7, 11) is 3.83. The first-order valence-electron chi connectivity index (χ1n) is 6.69. The second kappa shape index (κ2) is 4.87. The minimum atomic E-state index is 0.416. The van der Waals surface area contributed by atoms with Gasteiger partial charge in [0.15, 0.2) is 11.3 Å². The van der Waals surface area contributed by atoms with E-state index in [0.29, 0.717) is 12.0 Å². The number of ether oxygens (including phenoxy) is 1. The molecule has 2 aromatic rings. The molecule has 102 valence electrons. The van der Waals surface area contributed by atoms with Crippen molar-refractivity contribution in [2.45, 2.75) is 12.5 Å². The molecule has 1 aromatic carbocycles. The van der Waals surface area contributed by atoms with E-state index < -0.39 is 0 Å². The van der Waals surface area contributed by atoms with E-state index in [9.17, 15) is 0 Å². The van der Waals surface area contributed by atoms with Crippen molar-refractivity contribution in [2.24, 2.45) is 11.7 Å². The summed E-state index contributed by atoms with van der Waals surface area (Å²) in [6.07, 6.45) is 2.84. The van der Waals surface area contributed by atoms with Gasteiger partial charge in [0.25, 0.3) is 0 Å². The van der Waals surface area contributed by atoms with Crippen molar-refractivity contribution < 1.29 is 9.15 Å². The third-order valence-corrected chi connectivity index (χ3v) is 4.16. The van der Waals surface area contributed by atoms with Crippen molar-refractivity contribution in [3.63, 3.8) is 0 Å². The van der Waals surface area contributed by atoms with Gasteiger partial charge in [0, 0.05) is 18.0 Å². The number of hydrogen-bond acceptors (Lipinski definition) is 4. The molecule has 0 radical (unpaired) electrons. The average Bonchev–Trinajstić information content (AvgIpc) is 3.04. The fourth-order valence-electron chi connectivity index (χ4n) is 3.15. The highest BCUT2D eigenvalue weighted by atomic mass is 16.5. The van der Waals surface area contributed by atoms with Crippen LogP contribution in [0, 0.1) is 5.92 Å². The Morgan fingerprint density at radius 2 is 2.26 bits per heavy atom. The van der Waals surface area contributed by atoms with Gasteiger partial charge in [0.2, 0.25) is 0 Å². The lowest BCUT2D eigenvalue weighted by atomic mass is 9.97. The van der Waals surface area contributed by atoms with Crippen LogP contribution in [0.5, 0.6) is 5.75 Å². The Balaban J connectivity index is 2.04. The lowest BCUT2D eigenvalue weighted by Gasteiger charge is -2.20. The molecule has 0 aliphatic carbocycles. The van der Waals surface area contributed by atoms with E-state index in [1.54, 1.807) is 13.4 Å². The van der Waals surface area contributed by atoms with Gasteiger partial charge in [-0.2, -0.15) is 0 Å². The Kier molecular flexibility index (Phi) is 3.21. The van der Waals surface area contributed by atoms with Gasteiger partial charge in [0.05, 0.1) is 13.4 Å². The highest BCUT2D eigenvalue weighted by Crippen LogP contribution is 2.39. The van der Waals surface area contributed by atoms with Crippen molar-refractivity contribution in [1.29, 1.82) is 0 Å². The summed E-state index contributed by atoms with van der Waals surface area (Å²) < 4.78 is 10.9. The third-order valence-electron chi connectivity index (χ3n) is 4.16. The van der Waals surface area contributed by atoms with Crippen LogP contribution in [0.25, 0.3) is 11.0 Å². The molecule has 0 spiro atoms. The molecule has 3 rings (SSSR count). The number of hydrogen-bond donors (Lipinski definition) is 1. The summed E-state index contributed by atoms with van der Waals surface area (Å²) in [5.74, 6) is 1.37. The van der Waals surface area contributed by atoms with Crippen molar-refractivity contribution in [2.75, 3.05) is 27.2 Å². The predicted octanol–water partition coefficient (Wildman–Crippen LogP) is 2.39.